The second kappa shape index (κ2) is 6.46. The Labute approximate surface area is 94.0 Å². The number of methoxy groups -OCH3 is 1. The molecule has 0 aromatic heterocycles. The van der Waals surface area contributed by atoms with Gasteiger partial charge in [0.05, 0.1) is 6.10 Å². The van der Waals surface area contributed by atoms with Crippen LogP contribution in [0.5, 0.6) is 0 Å². The van der Waals surface area contributed by atoms with Crippen LogP contribution < -0.4 is 5.73 Å². The Balaban J connectivity index is 2.31. The Morgan fingerprint density at radius 3 is 2.87 bits per heavy atom. The molecule has 0 amide bonds. The van der Waals surface area contributed by atoms with Gasteiger partial charge in [0, 0.05) is 26.2 Å². The van der Waals surface area contributed by atoms with Crippen LogP contribution in [0.25, 0.3) is 0 Å². The van der Waals surface area contributed by atoms with Crippen molar-refractivity contribution in [2.45, 2.75) is 45.3 Å². The van der Waals surface area contributed by atoms with E-state index in [0.29, 0.717) is 18.1 Å². The topological polar surface area (TPSA) is 38.5 Å². The highest BCUT2D eigenvalue weighted by Crippen LogP contribution is 2.19. The Hall–Kier alpha value is -0.120. The Kier molecular flexibility index (Phi) is 5.58. The van der Waals surface area contributed by atoms with Crippen molar-refractivity contribution >= 4 is 0 Å². The molecule has 1 heterocycles. The lowest BCUT2D eigenvalue weighted by Gasteiger charge is -2.37. The molecule has 1 saturated heterocycles. The van der Waals surface area contributed by atoms with Gasteiger partial charge in [-0.2, -0.15) is 0 Å². The first-order valence-corrected chi connectivity index (χ1v) is 6.18. The summed E-state index contributed by atoms with van der Waals surface area (Å²) in [6.45, 7) is 7.72. The van der Waals surface area contributed by atoms with Gasteiger partial charge in [-0.25, -0.2) is 0 Å². The first-order chi connectivity index (χ1) is 7.17. The zero-order chi connectivity index (χ0) is 11.3. The average Bonchev–Trinajstić information content (AvgIpc) is 2.21. The summed E-state index contributed by atoms with van der Waals surface area (Å²) in [5.74, 6) is 0.689. The van der Waals surface area contributed by atoms with E-state index in [1.54, 1.807) is 0 Å². The summed E-state index contributed by atoms with van der Waals surface area (Å²) < 4.78 is 5.49. The summed E-state index contributed by atoms with van der Waals surface area (Å²) in [5, 5.41) is 0. The molecule has 3 heteroatoms. The van der Waals surface area contributed by atoms with Gasteiger partial charge in [-0.15, -0.1) is 0 Å². The second-order valence-corrected chi connectivity index (χ2v) is 4.85. The van der Waals surface area contributed by atoms with Gasteiger partial charge in [0.1, 0.15) is 0 Å². The SMILES string of the molecule is CCCC(N)CN1CCC(C)C(OC)C1. The summed E-state index contributed by atoms with van der Waals surface area (Å²) in [6, 6.07) is 0.334. The van der Waals surface area contributed by atoms with E-state index in [2.05, 4.69) is 18.7 Å². The fourth-order valence-electron chi connectivity index (χ4n) is 2.36. The van der Waals surface area contributed by atoms with Crippen molar-refractivity contribution in [1.82, 2.24) is 4.90 Å². The van der Waals surface area contributed by atoms with Crippen LogP contribution in [0.2, 0.25) is 0 Å². The molecule has 1 rings (SSSR count). The Bertz CT molecular complexity index is 175. The predicted molar refractivity (Wildman–Crippen MR) is 63.9 cm³/mol. The van der Waals surface area contributed by atoms with Gasteiger partial charge in [-0.3, -0.25) is 4.90 Å². The Morgan fingerprint density at radius 1 is 1.53 bits per heavy atom. The summed E-state index contributed by atoms with van der Waals surface area (Å²) in [5.41, 5.74) is 6.05. The summed E-state index contributed by atoms with van der Waals surface area (Å²) in [7, 11) is 1.82. The van der Waals surface area contributed by atoms with Crippen LogP contribution in [-0.2, 0) is 4.74 Å². The number of piperidine rings is 1. The van der Waals surface area contributed by atoms with E-state index < -0.39 is 0 Å². The summed E-state index contributed by atoms with van der Waals surface area (Å²) in [4.78, 5) is 2.45. The highest BCUT2D eigenvalue weighted by atomic mass is 16.5. The molecule has 0 spiro atoms. The minimum absolute atomic E-state index is 0.334. The zero-order valence-electron chi connectivity index (χ0n) is 10.4. The molecule has 0 aromatic carbocycles. The number of hydrogen-bond acceptors (Lipinski definition) is 3. The number of nitrogens with two attached hydrogens (primary N) is 1. The summed E-state index contributed by atoms with van der Waals surface area (Å²) in [6.07, 6.45) is 3.94. The smallest absolute Gasteiger partial charge is 0.0724 e. The van der Waals surface area contributed by atoms with Crippen molar-refractivity contribution in [2.24, 2.45) is 11.7 Å². The van der Waals surface area contributed by atoms with Crippen molar-refractivity contribution in [3.63, 3.8) is 0 Å². The molecule has 3 atom stereocenters. The van der Waals surface area contributed by atoms with Gasteiger partial charge in [-0.1, -0.05) is 20.3 Å². The molecule has 3 nitrogen and oxygen atoms in total. The molecule has 1 aliphatic heterocycles. The first kappa shape index (κ1) is 12.9. The maximum atomic E-state index is 6.05. The predicted octanol–water partition coefficient (Wildman–Crippen LogP) is 1.47. The fourth-order valence-corrected chi connectivity index (χ4v) is 2.36. The van der Waals surface area contributed by atoms with Gasteiger partial charge >= 0.3 is 0 Å². The van der Waals surface area contributed by atoms with Crippen molar-refractivity contribution in [3.05, 3.63) is 0 Å². The minimum Gasteiger partial charge on any atom is -0.380 e. The molecule has 0 aliphatic carbocycles. The number of likely N-dealkylation sites (tertiary alicyclic amines) is 1. The molecule has 1 fully saturated rings. The maximum Gasteiger partial charge on any atom is 0.0724 e. The third-order valence-corrected chi connectivity index (χ3v) is 3.43. The normalized spacial score (nSPS) is 30.4. The van der Waals surface area contributed by atoms with Crippen molar-refractivity contribution in [1.29, 1.82) is 0 Å². The van der Waals surface area contributed by atoms with Gasteiger partial charge in [0.15, 0.2) is 0 Å². The molecular formula is C12H26N2O. The number of ether oxygens (including phenoxy) is 1. The van der Waals surface area contributed by atoms with E-state index in [0.717, 1.165) is 19.5 Å². The largest absolute Gasteiger partial charge is 0.380 e. The van der Waals surface area contributed by atoms with Gasteiger partial charge in [0.25, 0.3) is 0 Å². The molecule has 2 N–H and O–H groups in total. The lowest BCUT2D eigenvalue weighted by atomic mass is 9.95. The van der Waals surface area contributed by atoms with Crippen LogP contribution in [0.3, 0.4) is 0 Å². The molecule has 3 unspecified atom stereocenters. The molecule has 0 radical (unpaired) electrons. The Morgan fingerprint density at radius 2 is 2.27 bits per heavy atom. The van der Waals surface area contributed by atoms with Crippen molar-refractivity contribution in [3.8, 4) is 0 Å². The van der Waals surface area contributed by atoms with E-state index in [4.69, 9.17) is 10.5 Å². The highest BCUT2D eigenvalue weighted by Gasteiger charge is 2.26. The van der Waals surface area contributed by atoms with Crippen LogP contribution in [0.15, 0.2) is 0 Å². The van der Waals surface area contributed by atoms with Gasteiger partial charge in [0.2, 0.25) is 0 Å². The van der Waals surface area contributed by atoms with Gasteiger partial charge in [-0.05, 0) is 25.3 Å². The average molecular weight is 214 g/mol. The minimum atomic E-state index is 0.334. The van der Waals surface area contributed by atoms with Crippen LogP contribution in [0, 0.1) is 5.92 Å². The third-order valence-electron chi connectivity index (χ3n) is 3.43. The first-order valence-electron chi connectivity index (χ1n) is 6.18. The fraction of sp³-hybridized carbons (Fsp3) is 1.00. The standard InChI is InChI=1S/C12H26N2O/c1-4-5-11(13)8-14-7-6-10(2)12(9-14)15-3/h10-12H,4-9,13H2,1-3H3. The summed E-state index contributed by atoms with van der Waals surface area (Å²) >= 11 is 0. The quantitative estimate of drug-likeness (QED) is 0.753. The van der Waals surface area contributed by atoms with Gasteiger partial charge < -0.3 is 10.5 Å². The monoisotopic (exact) mass is 214 g/mol. The van der Waals surface area contributed by atoms with E-state index >= 15 is 0 Å². The molecule has 15 heavy (non-hydrogen) atoms. The van der Waals surface area contributed by atoms with Crippen molar-refractivity contribution in [2.75, 3.05) is 26.7 Å². The van der Waals surface area contributed by atoms with E-state index in [1.165, 1.54) is 19.4 Å². The van der Waals surface area contributed by atoms with Crippen LogP contribution in [0.4, 0.5) is 0 Å². The van der Waals surface area contributed by atoms with E-state index in [9.17, 15) is 0 Å². The molecule has 90 valence electrons. The lowest BCUT2D eigenvalue weighted by Crippen LogP contribution is -2.48. The second-order valence-electron chi connectivity index (χ2n) is 4.85. The molecule has 0 saturated carbocycles. The van der Waals surface area contributed by atoms with Crippen LogP contribution >= 0.6 is 0 Å². The third kappa shape index (κ3) is 4.09. The number of nitrogens with zero attached hydrogens (tertiary/aromatic N) is 1. The highest BCUT2D eigenvalue weighted by molar-refractivity contribution is 4.80. The molecule has 0 aromatic rings. The number of rotatable bonds is 5. The molecular weight excluding hydrogens is 188 g/mol. The van der Waals surface area contributed by atoms with Crippen LogP contribution in [0.1, 0.15) is 33.1 Å². The van der Waals surface area contributed by atoms with E-state index in [1.807, 2.05) is 7.11 Å². The lowest BCUT2D eigenvalue weighted by molar-refractivity contribution is -0.00656. The van der Waals surface area contributed by atoms with Crippen LogP contribution in [-0.4, -0.2) is 43.8 Å². The molecule has 1 aliphatic rings. The number of hydrogen-bond donors (Lipinski definition) is 1. The van der Waals surface area contributed by atoms with E-state index in [-0.39, 0.29) is 0 Å². The maximum absolute atomic E-state index is 6.05. The zero-order valence-corrected chi connectivity index (χ0v) is 10.4. The van der Waals surface area contributed by atoms with Crippen molar-refractivity contribution < 1.29 is 4.74 Å². The molecule has 0 bridgehead atoms.